The van der Waals surface area contributed by atoms with Crippen LogP contribution in [0.1, 0.15) is 26.6 Å². The normalized spacial score (nSPS) is 11.7. The molecule has 0 radical (unpaired) electrons. The zero-order valence-electron chi connectivity index (χ0n) is 13.2. The lowest BCUT2D eigenvalue weighted by molar-refractivity contribution is 0.393. The summed E-state index contributed by atoms with van der Waals surface area (Å²) in [6.07, 6.45) is 0. The number of hydrogen-bond acceptors (Lipinski definition) is 3. The maximum atomic E-state index is 6.31. The number of rotatable bonds is 2. The van der Waals surface area contributed by atoms with Crippen molar-refractivity contribution >= 4 is 11.5 Å². The molecule has 0 saturated heterocycles. The highest BCUT2D eigenvalue weighted by atomic mass is 15.2. The summed E-state index contributed by atoms with van der Waals surface area (Å²) in [5.74, 6) is 1.68. The first-order chi connectivity index (χ1) is 9.21. The minimum Gasteiger partial charge on any atom is -0.383 e. The fourth-order valence-corrected chi connectivity index (χ4v) is 2.53. The van der Waals surface area contributed by atoms with Crippen LogP contribution in [0.15, 0.2) is 24.3 Å². The molecule has 0 amide bonds. The highest BCUT2D eigenvalue weighted by Crippen LogP contribution is 2.31. The van der Waals surface area contributed by atoms with Gasteiger partial charge in [-0.1, -0.05) is 12.1 Å². The molecule has 0 aliphatic rings. The van der Waals surface area contributed by atoms with Crippen molar-refractivity contribution in [3.8, 4) is 11.3 Å². The van der Waals surface area contributed by atoms with Crippen LogP contribution in [0.2, 0.25) is 0 Å². The lowest BCUT2D eigenvalue weighted by atomic mass is 10.1. The molecule has 4 nitrogen and oxygen atoms in total. The molecule has 1 heterocycles. The molecule has 0 aliphatic carbocycles. The number of nitrogens with two attached hydrogens (primary N) is 1. The summed E-state index contributed by atoms with van der Waals surface area (Å²) in [6.45, 7) is 8.41. The quantitative estimate of drug-likeness (QED) is 0.912. The van der Waals surface area contributed by atoms with Gasteiger partial charge >= 0.3 is 0 Å². The van der Waals surface area contributed by atoms with Crippen LogP contribution in [0.25, 0.3) is 11.3 Å². The van der Waals surface area contributed by atoms with E-state index in [0.29, 0.717) is 0 Å². The molecule has 0 saturated carbocycles. The fraction of sp³-hybridized carbons (Fsp3) is 0.438. The van der Waals surface area contributed by atoms with Gasteiger partial charge < -0.3 is 15.2 Å². The maximum Gasteiger partial charge on any atom is 0.132 e. The first-order valence-corrected chi connectivity index (χ1v) is 6.85. The van der Waals surface area contributed by atoms with Gasteiger partial charge in [0.2, 0.25) is 0 Å². The molecule has 2 aromatic rings. The van der Waals surface area contributed by atoms with E-state index in [1.54, 1.807) is 0 Å². The van der Waals surface area contributed by atoms with Gasteiger partial charge in [-0.2, -0.15) is 0 Å². The van der Waals surface area contributed by atoms with E-state index in [0.717, 1.165) is 22.9 Å². The van der Waals surface area contributed by atoms with E-state index in [2.05, 4.69) is 59.5 Å². The van der Waals surface area contributed by atoms with E-state index in [-0.39, 0.29) is 5.54 Å². The molecule has 1 aromatic carbocycles. The molecule has 0 fully saturated rings. The molecule has 2 N–H and O–H groups in total. The smallest absolute Gasteiger partial charge is 0.132 e. The number of aryl methyl sites for hydroxylation is 1. The molecule has 4 heteroatoms. The Labute approximate surface area is 121 Å². The van der Waals surface area contributed by atoms with E-state index >= 15 is 0 Å². The van der Waals surface area contributed by atoms with Crippen molar-refractivity contribution in [2.45, 2.75) is 33.2 Å². The lowest BCUT2D eigenvalue weighted by Gasteiger charge is -2.24. The summed E-state index contributed by atoms with van der Waals surface area (Å²) in [6, 6.07) is 8.31. The average molecular weight is 272 g/mol. The molecule has 2 rings (SSSR count). The number of benzene rings is 1. The number of anilines is 2. The first-order valence-electron chi connectivity index (χ1n) is 6.85. The van der Waals surface area contributed by atoms with E-state index in [1.165, 1.54) is 5.69 Å². The molecule has 0 bridgehead atoms. The maximum absolute atomic E-state index is 6.31. The fourth-order valence-electron chi connectivity index (χ4n) is 2.53. The standard InChI is InChI=1S/C16H24N4/c1-11-18-14(15(17)20(11)16(2,3)4)12-7-9-13(10-8-12)19(5)6/h7-10H,17H2,1-6H3. The summed E-state index contributed by atoms with van der Waals surface area (Å²) >= 11 is 0. The van der Waals surface area contributed by atoms with Crippen LogP contribution in [0.3, 0.4) is 0 Å². The van der Waals surface area contributed by atoms with Gasteiger partial charge in [0.15, 0.2) is 0 Å². The third kappa shape index (κ3) is 2.50. The molecule has 1 aromatic heterocycles. The Kier molecular flexibility index (Phi) is 3.50. The number of imidazole rings is 1. The van der Waals surface area contributed by atoms with Crippen LogP contribution in [-0.2, 0) is 5.54 Å². The Morgan fingerprint density at radius 2 is 1.65 bits per heavy atom. The third-order valence-corrected chi connectivity index (χ3v) is 3.41. The second-order valence-electron chi connectivity index (χ2n) is 6.34. The summed E-state index contributed by atoms with van der Waals surface area (Å²) in [4.78, 5) is 6.72. The van der Waals surface area contributed by atoms with Crippen molar-refractivity contribution in [3.05, 3.63) is 30.1 Å². The molecule has 0 unspecified atom stereocenters. The number of aromatic nitrogens is 2. The Hall–Kier alpha value is -1.97. The van der Waals surface area contributed by atoms with Gasteiger partial charge in [0.05, 0.1) is 0 Å². The van der Waals surface area contributed by atoms with Crippen LogP contribution >= 0.6 is 0 Å². The predicted octanol–water partition coefficient (Wildman–Crippen LogP) is 3.26. The van der Waals surface area contributed by atoms with Gasteiger partial charge in [-0.05, 0) is 39.8 Å². The number of nitrogens with zero attached hydrogens (tertiary/aromatic N) is 3. The largest absolute Gasteiger partial charge is 0.383 e. The van der Waals surface area contributed by atoms with Crippen molar-refractivity contribution in [2.24, 2.45) is 0 Å². The highest BCUT2D eigenvalue weighted by molar-refractivity contribution is 5.72. The van der Waals surface area contributed by atoms with Crippen LogP contribution in [0.5, 0.6) is 0 Å². The van der Waals surface area contributed by atoms with Crippen LogP contribution in [0.4, 0.5) is 11.5 Å². The third-order valence-electron chi connectivity index (χ3n) is 3.41. The van der Waals surface area contributed by atoms with E-state index in [9.17, 15) is 0 Å². The van der Waals surface area contributed by atoms with E-state index < -0.39 is 0 Å². The highest BCUT2D eigenvalue weighted by Gasteiger charge is 2.22. The SMILES string of the molecule is Cc1nc(-c2ccc(N(C)C)cc2)c(N)n1C(C)(C)C. The summed E-state index contributed by atoms with van der Waals surface area (Å²) < 4.78 is 2.09. The Morgan fingerprint density at radius 3 is 2.05 bits per heavy atom. The zero-order chi connectivity index (χ0) is 15.1. The predicted molar refractivity (Wildman–Crippen MR) is 86.1 cm³/mol. The molecule has 0 spiro atoms. The van der Waals surface area contributed by atoms with Crippen LogP contribution in [-0.4, -0.2) is 23.6 Å². The van der Waals surface area contributed by atoms with Crippen molar-refractivity contribution < 1.29 is 0 Å². The van der Waals surface area contributed by atoms with Gasteiger partial charge in [0.25, 0.3) is 0 Å². The molecular formula is C16H24N4. The first kappa shape index (κ1) is 14.4. The minimum atomic E-state index is -0.0665. The Balaban J connectivity index is 2.49. The van der Waals surface area contributed by atoms with Crippen molar-refractivity contribution in [1.82, 2.24) is 9.55 Å². The topological polar surface area (TPSA) is 47.1 Å². The van der Waals surface area contributed by atoms with Crippen LogP contribution < -0.4 is 10.6 Å². The Morgan fingerprint density at radius 1 is 1.10 bits per heavy atom. The van der Waals surface area contributed by atoms with Gasteiger partial charge in [0, 0.05) is 30.9 Å². The van der Waals surface area contributed by atoms with Crippen molar-refractivity contribution in [3.63, 3.8) is 0 Å². The van der Waals surface area contributed by atoms with Gasteiger partial charge in [-0.25, -0.2) is 4.98 Å². The molecule has 108 valence electrons. The average Bonchev–Trinajstić information content (AvgIpc) is 2.64. The molecule has 0 atom stereocenters. The minimum absolute atomic E-state index is 0.0665. The van der Waals surface area contributed by atoms with Crippen molar-refractivity contribution in [1.29, 1.82) is 0 Å². The number of nitrogen functional groups attached to an aromatic ring is 1. The van der Waals surface area contributed by atoms with Crippen molar-refractivity contribution in [2.75, 3.05) is 24.7 Å². The second-order valence-corrected chi connectivity index (χ2v) is 6.34. The summed E-state index contributed by atoms with van der Waals surface area (Å²) in [5, 5.41) is 0. The summed E-state index contributed by atoms with van der Waals surface area (Å²) in [5.41, 5.74) is 9.33. The lowest BCUT2D eigenvalue weighted by Crippen LogP contribution is -2.24. The number of hydrogen-bond donors (Lipinski definition) is 1. The zero-order valence-corrected chi connectivity index (χ0v) is 13.2. The Bertz CT molecular complexity index is 601. The van der Waals surface area contributed by atoms with E-state index in [1.807, 2.05) is 21.0 Å². The monoisotopic (exact) mass is 272 g/mol. The van der Waals surface area contributed by atoms with Gasteiger partial charge in [-0.15, -0.1) is 0 Å². The van der Waals surface area contributed by atoms with Gasteiger partial charge in [0.1, 0.15) is 17.3 Å². The van der Waals surface area contributed by atoms with Gasteiger partial charge in [-0.3, -0.25) is 0 Å². The molecular weight excluding hydrogens is 248 g/mol. The molecule has 20 heavy (non-hydrogen) atoms. The van der Waals surface area contributed by atoms with E-state index in [4.69, 9.17) is 5.73 Å². The summed E-state index contributed by atoms with van der Waals surface area (Å²) in [7, 11) is 4.06. The second kappa shape index (κ2) is 4.85. The molecule has 0 aliphatic heterocycles. The van der Waals surface area contributed by atoms with Crippen LogP contribution in [0, 0.1) is 6.92 Å².